The van der Waals surface area contributed by atoms with Gasteiger partial charge in [-0.05, 0) is 12.1 Å². The Morgan fingerprint density at radius 1 is 1.41 bits per heavy atom. The van der Waals surface area contributed by atoms with Crippen LogP contribution in [0.4, 0.5) is 23.2 Å². The van der Waals surface area contributed by atoms with Crippen LogP contribution < -0.4 is 10.1 Å². The number of benzene rings is 1. The van der Waals surface area contributed by atoms with E-state index in [1.807, 2.05) is 0 Å². The summed E-state index contributed by atoms with van der Waals surface area (Å²) in [6.45, 7) is -0.710. The van der Waals surface area contributed by atoms with Crippen LogP contribution in [0.1, 0.15) is 0 Å². The standard InChI is InChI=1S/C10H11F4NO2/c1-17-8-4-6(2-3-7(8)11)15-5-9(16)10(12,13)14/h2-4,9,15-16H,5H2,1H3. The normalized spacial score (nSPS) is 13.3. The lowest BCUT2D eigenvalue weighted by Gasteiger charge is -2.16. The quantitative estimate of drug-likeness (QED) is 0.808. The van der Waals surface area contributed by atoms with Gasteiger partial charge >= 0.3 is 6.18 Å². The van der Waals surface area contributed by atoms with Crippen LogP contribution in [0.2, 0.25) is 0 Å². The van der Waals surface area contributed by atoms with Crippen LogP contribution in [0, 0.1) is 5.82 Å². The molecule has 7 heteroatoms. The molecule has 0 heterocycles. The molecule has 1 aromatic rings. The van der Waals surface area contributed by atoms with Crippen molar-refractivity contribution < 1.29 is 27.4 Å². The van der Waals surface area contributed by atoms with Crippen LogP contribution in [-0.4, -0.2) is 31.0 Å². The lowest BCUT2D eigenvalue weighted by Crippen LogP contribution is -2.34. The van der Waals surface area contributed by atoms with Gasteiger partial charge in [-0.25, -0.2) is 4.39 Å². The molecule has 0 radical (unpaired) electrons. The van der Waals surface area contributed by atoms with Gasteiger partial charge in [-0.15, -0.1) is 0 Å². The van der Waals surface area contributed by atoms with Crippen molar-refractivity contribution in [2.75, 3.05) is 19.0 Å². The second-order valence-corrected chi connectivity index (χ2v) is 3.29. The average Bonchev–Trinajstić information content (AvgIpc) is 2.26. The van der Waals surface area contributed by atoms with Crippen LogP contribution in [-0.2, 0) is 0 Å². The number of nitrogens with one attached hydrogen (secondary N) is 1. The van der Waals surface area contributed by atoms with Gasteiger partial charge in [-0.1, -0.05) is 0 Å². The smallest absolute Gasteiger partial charge is 0.416 e. The van der Waals surface area contributed by atoms with Gasteiger partial charge in [-0.3, -0.25) is 0 Å². The molecule has 0 aliphatic rings. The number of aliphatic hydroxyl groups is 1. The molecule has 0 aliphatic heterocycles. The van der Waals surface area contributed by atoms with Gasteiger partial charge in [0.05, 0.1) is 7.11 Å². The van der Waals surface area contributed by atoms with Crippen molar-refractivity contribution in [2.45, 2.75) is 12.3 Å². The minimum Gasteiger partial charge on any atom is -0.494 e. The zero-order chi connectivity index (χ0) is 13.1. The van der Waals surface area contributed by atoms with E-state index in [0.29, 0.717) is 0 Å². The molecule has 1 aromatic carbocycles. The summed E-state index contributed by atoms with van der Waals surface area (Å²) < 4.78 is 53.6. The van der Waals surface area contributed by atoms with Gasteiger partial charge < -0.3 is 15.2 Å². The van der Waals surface area contributed by atoms with E-state index in [0.717, 1.165) is 6.07 Å². The summed E-state index contributed by atoms with van der Waals surface area (Å²) >= 11 is 0. The number of ether oxygens (including phenoxy) is 1. The van der Waals surface area contributed by atoms with Crippen LogP contribution in [0.25, 0.3) is 0 Å². The zero-order valence-electron chi connectivity index (χ0n) is 8.88. The number of alkyl halides is 3. The van der Waals surface area contributed by atoms with Crippen LogP contribution in [0.15, 0.2) is 18.2 Å². The van der Waals surface area contributed by atoms with Crippen molar-refractivity contribution >= 4 is 5.69 Å². The highest BCUT2D eigenvalue weighted by Crippen LogP contribution is 2.23. The highest BCUT2D eigenvalue weighted by atomic mass is 19.4. The zero-order valence-corrected chi connectivity index (χ0v) is 8.88. The Hall–Kier alpha value is -1.50. The molecule has 0 aliphatic carbocycles. The fourth-order valence-corrected chi connectivity index (χ4v) is 1.10. The minimum absolute atomic E-state index is 0.0866. The fourth-order valence-electron chi connectivity index (χ4n) is 1.10. The molecular formula is C10H11F4NO2. The van der Waals surface area contributed by atoms with Gasteiger partial charge in [0.1, 0.15) is 0 Å². The van der Waals surface area contributed by atoms with Crippen LogP contribution >= 0.6 is 0 Å². The third-order valence-electron chi connectivity index (χ3n) is 2.03. The Balaban J connectivity index is 2.64. The van der Waals surface area contributed by atoms with E-state index >= 15 is 0 Å². The SMILES string of the molecule is COc1cc(NCC(O)C(F)(F)F)ccc1F. The minimum atomic E-state index is -4.68. The second kappa shape index (κ2) is 5.22. The maximum Gasteiger partial charge on any atom is 0.416 e. The molecule has 96 valence electrons. The first-order chi connectivity index (χ1) is 7.84. The fraction of sp³-hybridized carbons (Fsp3) is 0.400. The third kappa shape index (κ3) is 3.77. The molecule has 2 N–H and O–H groups in total. The summed E-state index contributed by atoms with van der Waals surface area (Å²) in [5.74, 6) is -0.703. The summed E-state index contributed by atoms with van der Waals surface area (Å²) in [5, 5.41) is 11.1. The predicted octanol–water partition coefficient (Wildman–Crippen LogP) is 2.17. The first kappa shape index (κ1) is 13.6. The van der Waals surface area contributed by atoms with E-state index < -0.39 is 24.6 Å². The number of hydrogen-bond donors (Lipinski definition) is 2. The van der Waals surface area contributed by atoms with Gasteiger partial charge in [0.15, 0.2) is 17.7 Å². The number of rotatable bonds is 4. The van der Waals surface area contributed by atoms with E-state index in [9.17, 15) is 17.6 Å². The average molecular weight is 253 g/mol. The van der Waals surface area contributed by atoms with Crippen molar-refractivity contribution in [3.8, 4) is 5.75 Å². The van der Waals surface area contributed by atoms with E-state index in [1.165, 1.54) is 19.2 Å². The Kier molecular flexibility index (Phi) is 4.17. The highest BCUT2D eigenvalue weighted by Gasteiger charge is 2.37. The van der Waals surface area contributed by atoms with E-state index in [-0.39, 0.29) is 11.4 Å². The van der Waals surface area contributed by atoms with E-state index in [2.05, 4.69) is 10.1 Å². The Bertz CT molecular complexity index is 381. The molecule has 0 amide bonds. The van der Waals surface area contributed by atoms with Crippen molar-refractivity contribution in [2.24, 2.45) is 0 Å². The molecule has 3 nitrogen and oxygen atoms in total. The van der Waals surface area contributed by atoms with Crippen molar-refractivity contribution in [1.29, 1.82) is 0 Å². The van der Waals surface area contributed by atoms with E-state index in [1.54, 1.807) is 0 Å². The summed E-state index contributed by atoms with van der Waals surface area (Å²) in [6, 6.07) is 3.51. The molecule has 0 saturated heterocycles. The molecule has 17 heavy (non-hydrogen) atoms. The summed E-state index contributed by atoms with van der Waals surface area (Å²) in [7, 11) is 1.24. The van der Waals surface area contributed by atoms with Gasteiger partial charge in [0, 0.05) is 18.3 Å². The van der Waals surface area contributed by atoms with Crippen molar-refractivity contribution in [1.82, 2.24) is 0 Å². The van der Waals surface area contributed by atoms with Crippen LogP contribution in [0.5, 0.6) is 5.75 Å². The number of anilines is 1. The molecular weight excluding hydrogens is 242 g/mol. The Morgan fingerprint density at radius 2 is 2.06 bits per heavy atom. The molecule has 0 saturated carbocycles. The van der Waals surface area contributed by atoms with Gasteiger partial charge in [-0.2, -0.15) is 13.2 Å². The largest absolute Gasteiger partial charge is 0.494 e. The lowest BCUT2D eigenvalue weighted by atomic mass is 10.2. The van der Waals surface area contributed by atoms with Crippen molar-refractivity contribution in [3.05, 3.63) is 24.0 Å². The monoisotopic (exact) mass is 253 g/mol. The predicted molar refractivity (Wildman–Crippen MR) is 53.5 cm³/mol. The maximum absolute atomic E-state index is 13.0. The van der Waals surface area contributed by atoms with E-state index in [4.69, 9.17) is 5.11 Å². The lowest BCUT2D eigenvalue weighted by molar-refractivity contribution is -0.198. The molecule has 0 spiro atoms. The molecule has 1 atom stereocenters. The Labute approximate surface area is 95.0 Å². The van der Waals surface area contributed by atoms with Crippen LogP contribution in [0.3, 0.4) is 0 Å². The molecule has 1 rings (SSSR count). The maximum atomic E-state index is 13.0. The third-order valence-corrected chi connectivity index (χ3v) is 2.03. The van der Waals surface area contributed by atoms with Gasteiger partial charge in [0.25, 0.3) is 0 Å². The highest BCUT2D eigenvalue weighted by molar-refractivity contribution is 5.48. The first-order valence-electron chi connectivity index (χ1n) is 4.67. The molecule has 0 bridgehead atoms. The Morgan fingerprint density at radius 3 is 2.59 bits per heavy atom. The molecule has 0 aromatic heterocycles. The first-order valence-corrected chi connectivity index (χ1v) is 4.67. The second-order valence-electron chi connectivity index (χ2n) is 3.29. The molecule has 1 unspecified atom stereocenters. The van der Waals surface area contributed by atoms with Gasteiger partial charge in [0.2, 0.25) is 0 Å². The molecule has 0 fully saturated rings. The number of aliphatic hydroxyl groups excluding tert-OH is 1. The topological polar surface area (TPSA) is 41.5 Å². The van der Waals surface area contributed by atoms with Crippen molar-refractivity contribution in [3.63, 3.8) is 0 Å². The summed E-state index contributed by atoms with van der Waals surface area (Å²) in [5.41, 5.74) is 0.228. The summed E-state index contributed by atoms with van der Waals surface area (Å²) in [4.78, 5) is 0. The number of methoxy groups -OCH3 is 1. The number of halogens is 4. The summed E-state index contributed by atoms with van der Waals surface area (Å²) in [6.07, 6.45) is -7.16. The number of hydrogen-bond acceptors (Lipinski definition) is 3.